The SMILES string of the molecule is NS(=O)(=O)Cc1ccc(C2=C(c3ccc(F)c(F)c3)CC3(CC3)C2)cc1. The van der Waals surface area contributed by atoms with Crippen LogP contribution < -0.4 is 5.14 Å². The standard InChI is InChI=1S/C20H19F2NO2S/c21-18-6-5-15(9-19(18)22)17-11-20(7-8-20)10-16(17)14-3-1-13(2-4-14)12-26(23,24)25/h1-6,9H,7-8,10-12H2,(H2,23,24,25). The van der Waals surface area contributed by atoms with Crippen LogP contribution in [-0.2, 0) is 15.8 Å². The zero-order valence-corrected chi connectivity index (χ0v) is 15.0. The van der Waals surface area contributed by atoms with E-state index >= 15 is 0 Å². The fourth-order valence-electron chi connectivity index (χ4n) is 3.83. The lowest BCUT2D eigenvalue weighted by Crippen LogP contribution is -2.14. The molecule has 4 rings (SSSR count). The molecule has 1 fully saturated rings. The number of halogens is 2. The summed E-state index contributed by atoms with van der Waals surface area (Å²) < 4.78 is 49.5. The second-order valence-corrected chi connectivity index (χ2v) is 9.06. The summed E-state index contributed by atoms with van der Waals surface area (Å²) in [4.78, 5) is 0. The van der Waals surface area contributed by atoms with E-state index in [4.69, 9.17) is 5.14 Å². The minimum Gasteiger partial charge on any atom is -0.228 e. The maximum absolute atomic E-state index is 13.7. The first-order chi connectivity index (χ1) is 12.2. The van der Waals surface area contributed by atoms with Gasteiger partial charge in [0.25, 0.3) is 0 Å². The van der Waals surface area contributed by atoms with Gasteiger partial charge in [0.2, 0.25) is 10.0 Å². The predicted octanol–water partition coefficient (Wildman–Crippen LogP) is 4.24. The van der Waals surface area contributed by atoms with Crippen molar-refractivity contribution in [3.05, 3.63) is 70.8 Å². The molecular formula is C20H19F2NO2S. The van der Waals surface area contributed by atoms with Crippen LogP contribution in [0.4, 0.5) is 8.78 Å². The molecule has 2 aromatic carbocycles. The molecule has 1 saturated carbocycles. The van der Waals surface area contributed by atoms with E-state index in [9.17, 15) is 17.2 Å². The second kappa shape index (κ2) is 5.99. The lowest BCUT2D eigenvalue weighted by atomic mass is 9.96. The molecule has 1 spiro atoms. The number of rotatable bonds is 4. The largest absolute Gasteiger partial charge is 0.228 e. The van der Waals surface area contributed by atoms with Gasteiger partial charge in [-0.3, -0.25) is 0 Å². The van der Waals surface area contributed by atoms with Gasteiger partial charge in [-0.1, -0.05) is 30.3 Å². The number of benzene rings is 2. The third-order valence-corrected chi connectivity index (χ3v) is 6.10. The highest BCUT2D eigenvalue weighted by molar-refractivity contribution is 7.88. The molecule has 0 aliphatic heterocycles. The Labute approximate surface area is 151 Å². The molecule has 2 aromatic rings. The Morgan fingerprint density at radius 1 is 0.885 bits per heavy atom. The Kier molecular flexibility index (Phi) is 4.00. The van der Waals surface area contributed by atoms with E-state index in [1.807, 2.05) is 12.1 Å². The van der Waals surface area contributed by atoms with Crippen molar-refractivity contribution < 1.29 is 17.2 Å². The molecule has 26 heavy (non-hydrogen) atoms. The van der Waals surface area contributed by atoms with Crippen molar-refractivity contribution in [3.63, 3.8) is 0 Å². The van der Waals surface area contributed by atoms with Crippen LogP contribution in [0, 0.1) is 17.0 Å². The third-order valence-electron chi connectivity index (χ3n) is 5.36. The summed E-state index contributed by atoms with van der Waals surface area (Å²) in [6, 6.07) is 11.4. The van der Waals surface area contributed by atoms with Gasteiger partial charge in [0.05, 0.1) is 5.75 Å². The van der Waals surface area contributed by atoms with Crippen LogP contribution in [0.1, 0.15) is 42.4 Å². The molecule has 0 atom stereocenters. The van der Waals surface area contributed by atoms with Crippen molar-refractivity contribution in [3.8, 4) is 0 Å². The monoisotopic (exact) mass is 375 g/mol. The fraction of sp³-hybridized carbons (Fsp3) is 0.300. The molecule has 0 saturated heterocycles. The minimum atomic E-state index is -3.57. The smallest absolute Gasteiger partial charge is 0.213 e. The Bertz CT molecular complexity index is 1010. The summed E-state index contributed by atoms with van der Waals surface area (Å²) in [7, 11) is -3.57. The van der Waals surface area contributed by atoms with Gasteiger partial charge in [0, 0.05) is 0 Å². The van der Waals surface area contributed by atoms with Crippen LogP contribution in [0.5, 0.6) is 0 Å². The molecule has 2 aliphatic carbocycles. The van der Waals surface area contributed by atoms with Crippen molar-refractivity contribution in [2.75, 3.05) is 0 Å². The van der Waals surface area contributed by atoms with Gasteiger partial charge in [0.15, 0.2) is 11.6 Å². The Hall–Kier alpha value is -2.05. The average Bonchev–Trinajstić information content (AvgIpc) is 3.21. The summed E-state index contributed by atoms with van der Waals surface area (Å²) in [5.74, 6) is -1.89. The predicted molar refractivity (Wildman–Crippen MR) is 97.3 cm³/mol. The lowest BCUT2D eigenvalue weighted by Gasteiger charge is -2.10. The van der Waals surface area contributed by atoms with Crippen LogP contribution in [0.2, 0.25) is 0 Å². The normalized spacial score (nSPS) is 18.6. The van der Waals surface area contributed by atoms with Crippen molar-refractivity contribution in [1.29, 1.82) is 0 Å². The zero-order valence-electron chi connectivity index (χ0n) is 14.1. The highest BCUT2D eigenvalue weighted by atomic mass is 32.2. The van der Waals surface area contributed by atoms with Gasteiger partial charge in [-0.15, -0.1) is 0 Å². The molecule has 0 aromatic heterocycles. The van der Waals surface area contributed by atoms with E-state index < -0.39 is 21.7 Å². The Morgan fingerprint density at radius 2 is 1.46 bits per heavy atom. The number of sulfonamides is 1. The lowest BCUT2D eigenvalue weighted by molar-refractivity contribution is 0.508. The Morgan fingerprint density at radius 3 is 2.00 bits per heavy atom. The van der Waals surface area contributed by atoms with E-state index in [1.54, 1.807) is 18.2 Å². The van der Waals surface area contributed by atoms with E-state index in [1.165, 1.54) is 12.1 Å². The van der Waals surface area contributed by atoms with Crippen LogP contribution in [0.3, 0.4) is 0 Å². The molecule has 136 valence electrons. The van der Waals surface area contributed by atoms with Gasteiger partial charge in [0.1, 0.15) is 0 Å². The molecule has 6 heteroatoms. The molecule has 0 unspecified atom stereocenters. The summed E-state index contributed by atoms with van der Waals surface area (Å²) in [5.41, 5.74) is 4.79. The summed E-state index contributed by atoms with van der Waals surface area (Å²) in [6.07, 6.45) is 4.07. The fourth-order valence-corrected chi connectivity index (χ4v) is 4.48. The van der Waals surface area contributed by atoms with E-state index in [2.05, 4.69) is 0 Å². The average molecular weight is 375 g/mol. The van der Waals surface area contributed by atoms with Gasteiger partial charge in [-0.2, -0.15) is 0 Å². The van der Waals surface area contributed by atoms with Crippen LogP contribution in [0.15, 0.2) is 42.5 Å². The van der Waals surface area contributed by atoms with Crippen LogP contribution in [0.25, 0.3) is 11.1 Å². The van der Waals surface area contributed by atoms with E-state index in [0.717, 1.165) is 48.0 Å². The van der Waals surface area contributed by atoms with Crippen molar-refractivity contribution in [2.45, 2.75) is 31.4 Å². The molecular weight excluding hydrogens is 356 g/mol. The van der Waals surface area contributed by atoms with Crippen molar-refractivity contribution >= 4 is 21.2 Å². The molecule has 3 nitrogen and oxygen atoms in total. The summed E-state index contributed by atoms with van der Waals surface area (Å²) in [5, 5.41) is 5.09. The minimum absolute atomic E-state index is 0.202. The van der Waals surface area contributed by atoms with Crippen molar-refractivity contribution in [1.82, 2.24) is 0 Å². The van der Waals surface area contributed by atoms with Crippen molar-refractivity contribution in [2.24, 2.45) is 10.6 Å². The third kappa shape index (κ3) is 3.44. The van der Waals surface area contributed by atoms with Gasteiger partial charge >= 0.3 is 0 Å². The second-order valence-electron chi connectivity index (χ2n) is 7.44. The molecule has 0 bridgehead atoms. The van der Waals surface area contributed by atoms with Crippen LogP contribution in [-0.4, -0.2) is 8.42 Å². The number of nitrogens with two attached hydrogens (primary N) is 1. The maximum Gasteiger partial charge on any atom is 0.213 e. The number of hydrogen-bond donors (Lipinski definition) is 1. The quantitative estimate of drug-likeness (QED) is 0.869. The summed E-state index contributed by atoms with van der Waals surface area (Å²) >= 11 is 0. The highest BCUT2D eigenvalue weighted by Crippen LogP contribution is 2.63. The molecule has 0 amide bonds. The molecule has 0 radical (unpaired) electrons. The first-order valence-corrected chi connectivity index (χ1v) is 10.2. The first-order valence-electron chi connectivity index (χ1n) is 8.52. The van der Waals surface area contributed by atoms with Gasteiger partial charge in [-0.05, 0) is 71.1 Å². The van der Waals surface area contributed by atoms with Crippen LogP contribution >= 0.6 is 0 Å². The maximum atomic E-state index is 13.7. The number of allylic oxidation sites excluding steroid dienone is 2. The first kappa shape index (κ1) is 17.4. The van der Waals surface area contributed by atoms with Gasteiger partial charge < -0.3 is 0 Å². The van der Waals surface area contributed by atoms with E-state index in [0.29, 0.717) is 5.56 Å². The molecule has 2 aliphatic rings. The highest BCUT2D eigenvalue weighted by Gasteiger charge is 2.48. The number of hydrogen-bond acceptors (Lipinski definition) is 2. The molecule has 0 heterocycles. The Balaban J connectivity index is 1.72. The topological polar surface area (TPSA) is 60.2 Å². The molecule has 2 N–H and O–H groups in total. The zero-order chi connectivity index (χ0) is 18.5. The summed E-state index contributed by atoms with van der Waals surface area (Å²) in [6.45, 7) is 0. The van der Waals surface area contributed by atoms with Gasteiger partial charge in [-0.25, -0.2) is 22.3 Å². The number of primary sulfonamides is 1. The van der Waals surface area contributed by atoms with E-state index in [-0.39, 0.29) is 11.2 Å².